The highest BCUT2D eigenvalue weighted by Gasteiger charge is 2.31. The molecule has 162 valence electrons. The van der Waals surface area contributed by atoms with Crippen LogP contribution in [-0.4, -0.2) is 75.3 Å². The summed E-state index contributed by atoms with van der Waals surface area (Å²) < 4.78 is 1.13. The number of carbonyl (C=O) groups is 1. The van der Waals surface area contributed by atoms with Gasteiger partial charge in [0.15, 0.2) is 0 Å². The maximum absolute atomic E-state index is 11.8. The number of carbonyl (C=O) groups excluding carboxylic acids is 1. The molecule has 1 heterocycles. The van der Waals surface area contributed by atoms with Crippen molar-refractivity contribution in [2.45, 2.75) is 38.1 Å². The molecule has 0 radical (unpaired) electrons. The fraction of sp³-hybridized carbons (Fsp3) is 0.682. The number of likely N-dealkylation sites (N-methyl/N-ethyl adjacent to an activating group) is 1. The number of urea groups is 1. The van der Waals surface area contributed by atoms with Crippen LogP contribution < -0.4 is 10.2 Å². The lowest BCUT2D eigenvalue weighted by molar-refractivity contribution is -0.910. The van der Waals surface area contributed by atoms with Crippen LogP contribution in [0.5, 0.6) is 0 Å². The summed E-state index contributed by atoms with van der Waals surface area (Å²) in [5.74, 6) is 0.790. The fourth-order valence-corrected chi connectivity index (χ4v) is 4.96. The summed E-state index contributed by atoms with van der Waals surface area (Å²) in [7, 11) is 5.98. The zero-order valence-corrected chi connectivity index (χ0v) is 19.5. The second kappa shape index (κ2) is 9.76. The van der Waals surface area contributed by atoms with Crippen molar-refractivity contribution in [1.29, 1.82) is 0 Å². The van der Waals surface area contributed by atoms with Gasteiger partial charge in [-0.25, -0.2) is 4.79 Å². The van der Waals surface area contributed by atoms with Crippen molar-refractivity contribution in [2.75, 3.05) is 58.8 Å². The number of quaternary nitrogens is 1. The predicted octanol–water partition coefficient (Wildman–Crippen LogP) is 4.48. The Kier molecular flexibility index (Phi) is 7.58. The standard InChI is InChI=1S/C22H34Cl2N4O/c1-26(2)22(29)25-18-9-7-17(8-10-18)11-14-28(3)15-12-27(13-16-28)20-6-4-5-19(23)21(20)24/h4-6,17-18H,7-16H2,1-3H3/p+1. The molecule has 5 nitrogen and oxygen atoms in total. The number of halogens is 2. The molecule has 0 atom stereocenters. The quantitative estimate of drug-likeness (QED) is 0.683. The summed E-state index contributed by atoms with van der Waals surface area (Å²) in [4.78, 5) is 15.8. The van der Waals surface area contributed by atoms with E-state index < -0.39 is 0 Å². The van der Waals surface area contributed by atoms with Crippen LogP contribution in [0.15, 0.2) is 18.2 Å². The first-order valence-electron chi connectivity index (χ1n) is 10.8. The van der Waals surface area contributed by atoms with Crippen molar-refractivity contribution < 1.29 is 9.28 Å². The molecule has 2 fully saturated rings. The number of hydrogen-bond donors (Lipinski definition) is 1. The van der Waals surface area contributed by atoms with Crippen LogP contribution in [0.4, 0.5) is 10.5 Å². The van der Waals surface area contributed by atoms with Gasteiger partial charge in [0.05, 0.1) is 55.5 Å². The third kappa shape index (κ3) is 5.93. The van der Waals surface area contributed by atoms with Gasteiger partial charge in [-0.15, -0.1) is 0 Å². The van der Waals surface area contributed by atoms with Gasteiger partial charge in [0.25, 0.3) is 0 Å². The highest BCUT2D eigenvalue weighted by Crippen LogP contribution is 2.34. The Morgan fingerprint density at radius 1 is 1.17 bits per heavy atom. The van der Waals surface area contributed by atoms with Gasteiger partial charge in [-0.3, -0.25) is 0 Å². The fourth-order valence-electron chi connectivity index (χ4n) is 4.54. The smallest absolute Gasteiger partial charge is 0.317 e. The Hall–Kier alpha value is -1.17. The van der Waals surface area contributed by atoms with E-state index in [-0.39, 0.29) is 6.03 Å². The highest BCUT2D eigenvalue weighted by atomic mass is 35.5. The number of nitrogens with zero attached hydrogens (tertiary/aromatic N) is 3. The first kappa shape index (κ1) is 22.5. The van der Waals surface area contributed by atoms with Crippen LogP contribution in [0, 0.1) is 5.92 Å². The highest BCUT2D eigenvalue weighted by molar-refractivity contribution is 6.43. The number of rotatable bonds is 5. The zero-order chi connectivity index (χ0) is 21.0. The van der Waals surface area contributed by atoms with Crippen molar-refractivity contribution in [1.82, 2.24) is 10.2 Å². The van der Waals surface area contributed by atoms with Crippen molar-refractivity contribution >= 4 is 34.9 Å². The molecule has 7 heteroatoms. The molecule has 29 heavy (non-hydrogen) atoms. The monoisotopic (exact) mass is 441 g/mol. The van der Waals surface area contributed by atoms with E-state index in [2.05, 4.69) is 23.3 Å². The van der Waals surface area contributed by atoms with Crippen molar-refractivity contribution in [3.63, 3.8) is 0 Å². The molecule has 1 aliphatic heterocycles. The summed E-state index contributed by atoms with van der Waals surface area (Å²) in [6.07, 6.45) is 5.94. The van der Waals surface area contributed by atoms with Crippen molar-refractivity contribution in [3.8, 4) is 0 Å². The summed E-state index contributed by atoms with van der Waals surface area (Å²) in [5.41, 5.74) is 1.06. The van der Waals surface area contributed by atoms with Gasteiger partial charge in [0, 0.05) is 20.1 Å². The minimum absolute atomic E-state index is 0.0317. The van der Waals surface area contributed by atoms with Gasteiger partial charge in [-0.1, -0.05) is 29.3 Å². The van der Waals surface area contributed by atoms with E-state index in [0.29, 0.717) is 16.1 Å². The van der Waals surface area contributed by atoms with Crippen molar-refractivity contribution in [2.24, 2.45) is 5.92 Å². The summed E-state index contributed by atoms with van der Waals surface area (Å²) in [5, 5.41) is 4.44. The summed E-state index contributed by atoms with van der Waals surface area (Å²) in [6.45, 7) is 5.53. The van der Waals surface area contributed by atoms with E-state index in [0.717, 1.165) is 55.1 Å². The van der Waals surface area contributed by atoms with E-state index in [1.165, 1.54) is 25.8 Å². The van der Waals surface area contributed by atoms with E-state index in [1.54, 1.807) is 19.0 Å². The minimum atomic E-state index is 0.0317. The largest absolute Gasteiger partial charge is 0.359 e. The minimum Gasteiger partial charge on any atom is -0.359 e. The van der Waals surface area contributed by atoms with Crippen LogP contribution in [-0.2, 0) is 0 Å². The maximum Gasteiger partial charge on any atom is 0.317 e. The molecule has 1 aromatic carbocycles. The summed E-state index contributed by atoms with van der Waals surface area (Å²) in [6, 6.07) is 6.26. The number of nitrogens with one attached hydrogen (secondary N) is 1. The Bertz CT molecular complexity index is 696. The van der Waals surface area contributed by atoms with Gasteiger partial charge in [0.2, 0.25) is 0 Å². The molecular weight excluding hydrogens is 407 g/mol. The van der Waals surface area contributed by atoms with Gasteiger partial charge >= 0.3 is 6.03 Å². The number of anilines is 1. The van der Waals surface area contributed by atoms with Crippen LogP contribution >= 0.6 is 23.2 Å². The lowest BCUT2D eigenvalue weighted by Crippen LogP contribution is -2.58. The molecule has 1 N–H and O–H groups in total. The SMILES string of the molecule is CN(C)C(=O)NC1CCC(CC[N+]2(C)CCN(c3cccc(Cl)c3Cl)CC2)CC1. The summed E-state index contributed by atoms with van der Waals surface area (Å²) >= 11 is 12.6. The molecule has 2 aliphatic rings. The predicted molar refractivity (Wildman–Crippen MR) is 122 cm³/mol. The molecule has 3 rings (SSSR count). The second-order valence-corrected chi connectivity index (χ2v) is 9.99. The molecule has 0 unspecified atom stereocenters. The van der Waals surface area contributed by atoms with E-state index in [9.17, 15) is 4.79 Å². The maximum atomic E-state index is 11.8. The van der Waals surface area contributed by atoms with E-state index in [4.69, 9.17) is 23.2 Å². The Morgan fingerprint density at radius 2 is 1.83 bits per heavy atom. The van der Waals surface area contributed by atoms with Crippen LogP contribution in [0.1, 0.15) is 32.1 Å². The number of piperazine rings is 1. The van der Waals surface area contributed by atoms with Crippen LogP contribution in [0.25, 0.3) is 0 Å². The Balaban J connectivity index is 1.42. The Labute approximate surface area is 185 Å². The number of hydrogen-bond acceptors (Lipinski definition) is 2. The molecule has 0 bridgehead atoms. The van der Waals surface area contributed by atoms with Crippen molar-refractivity contribution in [3.05, 3.63) is 28.2 Å². The molecule has 1 saturated heterocycles. The third-order valence-corrected chi connectivity index (χ3v) is 7.56. The molecule has 1 aromatic rings. The second-order valence-electron chi connectivity index (χ2n) is 9.20. The molecular formula is C22H35Cl2N4O+. The van der Waals surface area contributed by atoms with Crippen LogP contribution in [0.3, 0.4) is 0 Å². The number of benzene rings is 1. The molecule has 1 saturated carbocycles. The van der Waals surface area contributed by atoms with E-state index in [1.807, 2.05) is 12.1 Å². The zero-order valence-electron chi connectivity index (χ0n) is 18.0. The van der Waals surface area contributed by atoms with Gasteiger partial charge in [-0.05, 0) is 50.2 Å². The lowest BCUT2D eigenvalue weighted by Gasteiger charge is -2.44. The van der Waals surface area contributed by atoms with Gasteiger partial charge < -0.3 is 19.6 Å². The molecule has 0 spiro atoms. The molecule has 1 aliphatic carbocycles. The third-order valence-electron chi connectivity index (χ3n) is 6.75. The molecule has 2 amide bonds. The van der Waals surface area contributed by atoms with Gasteiger partial charge in [-0.2, -0.15) is 0 Å². The average Bonchev–Trinajstić information content (AvgIpc) is 2.70. The lowest BCUT2D eigenvalue weighted by atomic mass is 9.84. The van der Waals surface area contributed by atoms with E-state index >= 15 is 0 Å². The normalized spacial score (nSPS) is 24.2. The first-order valence-corrected chi connectivity index (χ1v) is 11.5. The average molecular weight is 442 g/mol. The number of amides is 2. The topological polar surface area (TPSA) is 35.6 Å². The Morgan fingerprint density at radius 3 is 2.45 bits per heavy atom. The van der Waals surface area contributed by atoms with Crippen LogP contribution in [0.2, 0.25) is 10.0 Å². The van der Waals surface area contributed by atoms with Gasteiger partial charge in [0.1, 0.15) is 0 Å². The molecule has 0 aromatic heterocycles. The first-order chi connectivity index (χ1) is 13.8.